The van der Waals surface area contributed by atoms with Crippen molar-refractivity contribution in [2.45, 2.75) is 39.2 Å². The molecule has 0 radical (unpaired) electrons. The first-order valence-corrected chi connectivity index (χ1v) is 5.77. The van der Waals surface area contributed by atoms with Crippen molar-refractivity contribution < 1.29 is 4.42 Å². The van der Waals surface area contributed by atoms with Gasteiger partial charge >= 0.3 is 0 Å². The first-order valence-electron chi connectivity index (χ1n) is 5.77. The van der Waals surface area contributed by atoms with Gasteiger partial charge in [0.1, 0.15) is 5.52 Å². The Kier molecular flexibility index (Phi) is 3.25. The SMILES string of the molecule is Cc1cccc2nc(CCCC(C)N)oc12. The molecule has 0 fully saturated rings. The van der Waals surface area contributed by atoms with Crippen LogP contribution >= 0.6 is 0 Å². The second-order valence-electron chi connectivity index (χ2n) is 4.40. The molecule has 3 heteroatoms. The number of hydrogen-bond donors (Lipinski definition) is 1. The molecule has 1 heterocycles. The summed E-state index contributed by atoms with van der Waals surface area (Å²) in [5.74, 6) is 0.824. The van der Waals surface area contributed by atoms with Crippen LogP contribution in [-0.4, -0.2) is 11.0 Å². The standard InChI is InChI=1S/C13H18N2O/c1-9-5-3-7-11-13(9)16-12(15-11)8-4-6-10(2)14/h3,5,7,10H,4,6,8,14H2,1-2H3. The molecule has 86 valence electrons. The molecule has 2 rings (SSSR count). The molecule has 0 amide bonds. The Bertz CT molecular complexity index is 474. The van der Waals surface area contributed by atoms with E-state index in [2.05, 4.69) is 4.98 Å². The summed E-state index contributed by atoms with van der Waals surface area (Å²) in [6, 6.07) is 6.29. The van der Waals surface area contributed by atoms with Crippen molar-refractivity contribution in [2.24, 2.45) is 5.73 Å². The van der Waals surface area contributed by atoms with Gasteiger partial charge < -0.3 is 10.2 Å². The Morgan fingerprint density at radius 2 is 2.25 bits per heavy atom. The molecule has 1 unspecified atom stereocenters. The number of nitrogens with two attached hydrogens (primary N) is 1. The Labute approximate surface area is 95.7 Å². The topological polar surface area (TPSA) is 52.0 Å². The fraction of sp³-hybridized carbons (Fsp3) is 0.462. The number of aryl methyl sites for hydroxylation is 2. The van der Waals surface area contributed by atoms with Crippen molar-refractivity contribution in [1.82, 2.24) is 4.98 Å². The summed E-state index contributed by atoms with van der Waals surface area (Å²) in [6.45, 7) is 4.06. The predicted octanol–water partition coefficient (Wildman–Crippen LogP) is 2.81. The van der Waals surface area contributed by atoms with E-state index in [1.54, 1.807) is 0 Å². The molecule has 2 N–H and O–H groups in total. The van der Waals surface area contributed by atoms with Gasteiger partial charge in [-0.25, -0.2) is 4.98 Å². The van der Waals surface area contributed by atoms with E-state index in [-0.39, 0.29) is 6.04 Å². The van der Waals surface area contributed by atoms with Gasteiger partial charge in [-0.2, -0.15) is 0 Å². The minimum absolute atomic E-state index is 0.256. The van der Waals surface area contributed by atoms with Gasteiger partial charge in [-0.15, -0.1) is 0 Å². The monoisotopic (exact) mass is 218 g/mol. The van der Waals surface area contributed by atoms with Gasteiger partial charge in [0, 0.05) is 12.5 Å². The van der Waals surface area contributed by atoms with Crippen LogP contribution in [0.25, 0.3) is 11.1 Å². The zero-order chi connectivity index (χ0) is 11.5. The van der Waals surface area contributed by atoms with E-state index < -0.39 is 0 Å². The van der Waals surface area contributed by atoms with Crippen LogP contribution in [0.5, 0.6) is 0 Å². The van der Waals surface area contributed by atoms with Crippen molar-refractivity contribution >= 4 is 11.1 Å². The smallest absolute Gasteiger partial charge is 0.195 e. The van der Waals surface area contributed by atoms with Crippen LogP contribution in [0, 0.1) is 6.92 Å². The molecule has 0 spiro atoms. The first-order chi connectivity index (χ1) is 7.66. The molecule has 2 aromatic rings. The zero-order valence-electron chi connectivity index (χ0n) is 9.86. The maximum Gasteiger partial charge on any atom is 0.195 e. The van der Waals surface area contributed by atoms with E-state index >= 15 is 0 Å². The number of rotatable bonds is 4. The fourth-order valence-corrected chi connectivity index (χ4v) is 1.81. The van der Waals surface area contributed by atoms with Crippen LogP contribution in [0.3, 0.4) is 0 Å². The first kappa shape index (κ1) is 11.1. The number of aromatic nitrogens is 1. The van der Waals surface area contributed by atoms with Gasteiger partial charge in [-0.1, -0.05) is 12.1 Å². The van der Waals surface area contributed by atoms with Crippen molar-refractivity contribution in [3.63, 3.8) is 0 Å². The number of hydrogen-bond acceptors (Lipinski definition) is 3. The van der Waals surface area contributed by atoms with Crippen LogP contribution in [0.4, 0.5) is 0 Å². The van der Waals surface area contributed by atoms with Gasteiger partial charge in [0.2, 0.25) is 0 Å². The summed E-state index contributed by atoms with van der Waals surface area (Å²) in [5.41, 5.74) is 8.72. The molecule has 0 aliphatic carbocycles. The molecular weight excluding hydrogens is 200 g/mol. The van der Waals surface area contributed by atoms with Crippen LogP contribution in [-0.2, 0) is 6.42 Å². The number of oxazole rings is 1. The van der Waals surface area contributed by atoms with E-state index in [9.17, 15) is 0 Å². The van der Waals surface area contributed by atoms with Crippen molar-refractivity contribution in [2.75, 3.05) is 0 Å². The van der Waals surface area contributed by atoms with Gasteiger partial charge in [0.25, 0.3) is 0 Å². The molecule has 1 aromatic carbocycles. The quantitative estimate of drug-likeness (QED) is 0.858. The Hall–Kier alpha value is -1.35. The summed E-state index contributed by atoms with van der Waals surface area (Å²) in [4.78, 5) is 4.46. The third-order valence-corrected chi connectivity index (χ3v) is 2.71. The summed E-state index contributed by atoms with van der Waals surface area (Å²) in [5, 5.41) is 0. The summed E-state index contributed by atoms with van der Waals surface area (Å²) in [6.07, 6.45) is 2.91. The largest absolute Gasteiger partial charge is 0.440 e. The van der Waals surface area contributed by atoms with E-state index in [1.807, 2.05) is 32.0 Å². The van der Waals surface area contributed by atoms with Gasteiger partial charge in [0.15, 0.2) is 11.5 Å². The molecule has 0 bridgehead atoms. The van der Waals surface area contributed by atoms with E-state index in [0.29, 0.717) is 0 Å². The molecule has 3 nitrogen and oxygen atoms in total. The third kappa shape index (κ3) is 2.42. The minimum atomic E-state index is 0.256. The van der Waals surface area contributed by atoms with E-state index in [0.717, 1.165) is 41.8 Å². The highest BCUT2D eigenvalue weighted by atomic mass is 16.3. The Morgan fingerprint density at radius 1 is 1.44 bits per heavy atom. The molecule has 0 aliphatic heterocycles. The van der Waals surface area contributed by atoms with E-state index in [1.165, 1.54) is 0 Å². The van der Waals surface area contributed by atoms with Crippen molar-refractivity contribution in [1.29, 1.82) is 0 Å². The number of benzene rings is 1. The molecule has 0 aliphatic rings. The third-order valence-electron chi connectivity index (χ3n) is 2.71. The van der Waals surface area contributed by atoms with E-state index in [4.69, 9.17) is 10.2 Å². The van der Waals surface area contributed by atoms with Crippen molar-refractivity contribution in [3.05, 3.63) is 29.7 Å². The molecule has 1 aromatic heterocycles. The Balaban J connectivity index is 2.11. The molecule has 1 atom stereocenters. The van der Waals surface area contributed by atoms with Crippen LogP contribution in [0.15, 0.2) is 22.6 Å². The normalized spacial score (nSPS) is 13.2. The number of nitrogens with zero attached hydrogens (tertiary/aromatic N) is 1. The highest BCUT2D eigenvalue weighted by molar-refractivity contribution is 5.75. The van der Waals surface area contributed by atoms with Gasteiger partial charge in [-0.05, 0) is 38.3 Å². The minimum Gasteiger partial charge on any atom is -0.440 e. The highest BCUT2D eigenvalue weighted by Gasteiger charge is 2.07. The highest BCUT2D eigenvalue weighted by Crippen LogP contribution is 2.20. The Morgan fingerprint density at radius 3 is 2.94 bits per heavy atom. The van der Waals surface area contributed by atoms with Gasteiger partial charge in [-0.3, -0.25) is 0 Å². The lowest BCUT2D eigenvalue weighted by molar-refractivity contribution is 0.502. The summed E-state index contributed by atoms with van der Waals surface area (Å²) >= 11 is 0. The second-order valence-corrected chi connectivity index (χ2v) is 4.40. The van der Waals surface area contributed by atoms with Gasteiger partial charge in [0.05, 0.1) is 0 Å². The second kappa shape index (κ2) is 4.66. The van der Waals surface area contributed by atoms with Crippen LogP contribution in [0.1, 0.15) is 31.2 Å². The lowest BCUT2D eigenvalue weighted by Gasteiger charge is -2.01. The molecular formula is C13H18N2O. The maximum absolute atomic E-state index is 5.73. The van der Waals surface area contributed by atoms with Crippen LogP contribution in [0.2, 0.25) is 0 Å². The summed E-state index contributed by atoms with van der Waals surface area (Å²) < 4.78 is 5.73. The van der Waals surface area contributed by atoms with Crippen molar-refractivity contribution in [3.8, 4) is 0 Å². The average Bonchev–Trinajstić information content (AvgIpc) is 2.61. The fourth-order valence-electron chi connectivity index (χ4n) is 1.81. The lowest BCUT2D eigenvalue weighted by atomic mass is 10.1. The lowest BCUT2D eigenvalue weighted by Crippen LogP contribution is -2.14. The maximum atomic E-state index is 5.73. The summed E-state index contributed by atoms with van der Waals surface area (Å²) in [7, 11) is 0. The molecule has 0 saturated heterocycles. The zero-order valence-corrected chi connectivity index (χ0v) is 9.86. The molecule has 16 heavy (non-hydrogen) atoms. The molecule has 0 saturated carbocycles. The number of para-hydroxylation sites is 1. The average molecular weight is 218 g/mol. The predicted molar refractivity (Wildman–Crippen MR) is 65.3 cm³/mol. The van der Waals surface area contributed by atoms with Crippen LogP contribution < -0.4 is 5.73 Å². The number of fused-ring (bicyclic) bond motifs is 1.